The van der Waals surface area contributed by atoms with Gasteiger partial charge in [-0.2, -0.15) is 0 Å². The normalized spacial score (nSPS) is 13.9. The lowest BCUT2D eigenvalue weighted by Gasteiger charge is -2.17. The van der Waals surface area contributed by atoms with Crippen LogP contribution in [-0.4, -0.2) is 68.0 Å². The van der Waals surface area contributed by atoms with Crippen LogP contribution in [0.1, 0.15) is 19.4 Å². The molecule has 2 rings (SSSR count). The number of rotatable bonds is 9. The predicted octanol–water partition coefficient (Wildman–Crippen LogP) is 0.775. The molecule has 10 heteroatoms. The number of carbonyl (C=O) groups excluding carboxylic acids is 4. The van der Waals surface area contributed by atoms with Gasteiger partial charge in [-0.15, -0.1) is 0 Å². The highest BCUT2D eigenvalue weighted by atomic mass is 16.5. The quantitative estimate of drug-likeness (QED) is 0.475. The average molecular weight is 407 g/mol. The fourth-order valence-corrected chi connectivity index (χ4v) is 2.84. The smallest absolute Gasteiger partial charge is 0.334 e. The molecule has 1 N–H and O–H groups in total. The Bertz CT molecular complexity index is 822. The van der Waals surface area contributed by atoms with E-state index in [1.807, 2.05) is 13.8 Å². The Hall–Kier alpha value is -3.30. The van der Waals surface area contributed by atoms with Gasteiger partial charge < -0.3 is 19.5 Å². The number of nitrogens with one attached hydrogen (secondary N) is 1. The van der Waals surface area contributed by atoms with Crippen LogP contribution >= 0.6 is 0 Å². The van der Waals surface area contributed by atoms with Crippen LogP contribution in [0.4, 0.5) is 4.79 Å². The molecule has 5 amide bonds. The molecule has 0 atom stereocenters. The number of methoxy groups -OCH3 is 3. The van der Waals surface area contributed by atoms with Gasteiger partial charge in [-0.1, -0.05) is 13.8 Å². The summed E-state index contributed by atoms with van der Waals surface area (Å²) in [6.07, 6.45) is 0. The number of imide groups is 2. The van der Waals surface area contributed by atoms with Crippen molar-refractivity contribution in [3.8, 4) is 17.2 Å². The highest BCUT2D eigenvalue weighted by molar-refractivity contribution is 6.45. The van der Waals surface area contributed by atoms with Gasteiger partial charge in [-0.05, 0) is 12.0 Å². The van der Waals surface area contributed by atoms with Crippen molar-refractivity contribution in [1.29, 1.82) is 0 Å². The Labute approximate surface area is 168 Å². The summed E-state index contributed by atoms with van der Waals surface area (Å²) in [6, 6.07) is 2.49. The zero-order chi connectivity index (χ0) is 21.7. The van der Waals surface area contributed by atoms with Crippen molar-refractivity contribution in [2.45, 2.75) is 20.4 Å². The van der Waals surface area contributed by atoms with Gasteiger partial charge in [-0.25, -0.2) is 9.69 Å². The molecule has 158 valence electrons. The number of nitrogens with zero attached hydrogens (tertiary/aromatic N) is 2. The van der Waals surface area contributed by atoms with Crippen LogP contribution in [0.5, 0.6) is 17.2 Å². The lowest BCUT2D eigenvalue weighted by molar-refractivity contribution is -0.144. The fourth-order valence-electron chi connectivity index (χ4n) is 2.84. The summed E-state index contributed by atoms with van der Waals surface area (Å²) in [4.78, 5) is 50.1. The molecule has 1 saturated heterocycles. The minimum atomic E-state index is -1.01. The Balaban J connectivity index is 2.06. The first kappa shape index (κ1) is 22.0. The van der Waals surface area contributed by atoms with Crippen LogP contribution in [0.2, 0.25) is 0 Å². The summed E-state index contributed by atoms with van der Waals surface area (Å²) in [6.45, 7) is 3.26. The van der Waals surface area contributed by atoms with Gasteiger partial charge in [0.15, 0.2) is 11.5 Å². The first-order valence-corrected chi connectivity index (χ1v) is 8.96. The lowest BCUT2D eigenvalue weighted by Crippen LogP contribution is -2.41. The molecule has 0 aromatic heterocycles. The zero-order valence-electron chi connectivity index (χ0n) is 17.1. The zero-order valence-corrected chi connectivity index (χ0v) is 17.1. The molecule has 1 aliphatic heterocycles. The second-order valence-corrected chi connectivity index (χ2v) is 6.78. The molecule has 29 heavy (non-hydrogen) atoms. The van der Waals surface area contributed by atoms with Crippen molar-refractivity contribution >= 4 is 23.8 Å². The van der Waals surface area contributed by atoms with Crippen molar-refractivity contribution in [2.24, 2.45) is 5.92 Å². The lowest BCUT2D eigenvalue weighted by atomic mass is 10.1. The van der Waals surface area contributed by atoms with E-state index in [0.717, 1.165) is 4.90 Å². The maximum Gasteiger partial charge on any atom is 0.334 e. The van der Waals surface area contributed by atoms with E-state index in [-0.39, 0.29) is 19.0 Å². The minimum Gasteiger partial charge on any atom is -0.496 e. The molecule has 0 radical (unpaired) electrons. The molecule has 1 aliphatic rings. The third-order valence-electron chi connectivity index (χ3n) is 4.25. The Morgan fingerprint density at radius 1 is 0.931 bits per heavy atom. The molecule has 0 unspecified atom stereocenters. The van der Waals surface area contributed by atoms with Crippen LogP contribution in [0.3, 0.4) is 0 Å². The summed E-state index contributed by atoms with van der Waals surface area (Å²) in [5.41, 5.74) is 0.607. The van der Waals surface area contributed by atoms with E-state index in [1.54, 1.807) is 12.1 Å². The third-order valence-corrected chi connectivity index (χ3v) is 4.25. The largest absolute Gasteiger partial charge is 0.496 e. The molecule has 1 aromatic carbocycles. The molecule has 1 heterocycles. The van der Waals surface area contributed by atoms with Gasteiger partial charge in [-0.3, -0.25) is 19.3 Å². The number of hydrogen-bond donors (Lipinski definition) is 1. The van der Waals surface area contributed by atoms with E-state index in [9.17, 15) is 19.2 Å². The van der Waals surface area contributed by atoms with Crippen molar-refractivity contribution in [1.82, 2.24) is 15.1 Å². The summed E-state index contributed by atoms with van der Waals surface area (Å²) >= 11 is 0. The van der Waals surface area contributed by atoms with Crippen LogP contribution in [0.15, 0.2) is 12.1 Å². The molecule has 1 fully saturated rings. The first-order chi connectivity index (χ1) is 13.7. The van der Waals surface area contributed by atoms with Gasteiger partial charge in [0.05, 0.1) is 21.3 Å². The summed E-state index contributed by atoms with van der Waals surface area (Å²) < 4.78 is 15.7. The van der Waals surface area contributed by atoms with E-state index in [4.69, 9.17) is 14.2 Å². The van der Waals surface area contributed by atoms with E-state index in [2.05, 4.69) is 5.32 Å². The summed E-state index contributed by atoms with van der Waals surface area (Å²) in [5.74, 6) is -1.12. The number of benzene rings is 1. The molecular formula is C19H25N3O7. The molecule has 0 aliphatic carbocycles. The summed E-state index contributed by atoms with van der Waals surface area (Å²) in [7, 11) is 4.45. The van der Waals surface area contributed by atoms with Gasteiger partial charge in [0, 0.05) is 24.7 Å². The molecule has 10 nitrogen and oxygen atoms in total. The van der Waals surface area contributed by atoms with Gasteiger partial charge >= 0.3 is 17.8 Å². The Morgan fingerprint density at radius 2 is 1.48 bits per heavy atom. The van der Waals surface area contributed by atoms with Crippen LogP contribution < -0.4 is 19.5 Å². The van der Waals surface area contributed by atoms with Crippen molar-refractivity contribution in [2.75, 3.05) is 34.4 Å². The number of ether oxygens (including phenoxy) is 3. The van der Waals surface area contributed by atoms with E-state index in [0.29, 0.717) is 27.7 Å². The molecule has 0 bridgehead atoms. The second kappa shape index (κ2) is 9.26. The standard InChI is InChI=1S/C19H25N3O7/c1-11(2)9-21-17(24)18(25)22(19(21)26)10-16(23)20-8-12-6-14(28-4)15(29-5)7-13(12)27-3/h6-7,11H,8-10H2,1-5H3,(H,20,23). The molecular weight excluding hydrogens is 382 g/mol. The fraction of sp³-hybridized carbons (Fsp3) is 0.474. The second-order valence-electron chi connectivity index (χ2n) is 6.78. The monoisotopic (exact) mass is 407 g/mol. The molecule has 0 saturated carbocycles. The van der Waals surface area contributed by atoms with Crippen molar-refractivity contribution in [3.63, 3.8) is 0 Å². The number of amides is 5. The summed E-state index contributed by atoms with van der Waals surface area (Å²) in [5, 5.41) is 2.61. The minimum absolute atomic E-state index is 0.00185. The SMILES string of the molecule is COc1cc(OC)c(OC)cc1CNC(=O)CN1C(=O)C(=O)N(CC(C)C)C1=O. The number of hydrogen-bond acceptors (Lipinski definition) is 7. The van der Waals surface area contributed by atoms with Crippen LogP contribution in [0, 0.1) is 5.92 Å². The number of urea groups is 1. The predicted molar refractivity (Wildman–Crippen MR) is 102 cm³/mol. The maximum atomic E-state index is 12.3. The Kier molecular flexibility index (Phi) is 7.03. The molecule has 1 aromatic rings. The van der Waals surface area contributed by atoms with E-state index in [1.165, 1.54) is 21.3 Å². The van der Waals surface area contributed by atoms with E-state index < -0.39 is 30.3 Å². The highest BCUT2D eigenvalue weighted by Gasteiger charge is 2.45. The number of carbonyl (C=O) groups is 4. The van der Waals surface area contributed by atoms with Gasteiger partial charge in [0.1, 0.15) is 12.3 Å². The van der Waals surface area contributed by atoms with Crippen molar-refractivity contribution < 1.29 is 33.4 Å². The third kappa shape index (κ3) is 4.76. The first-order valence-electron chi connectivity index (χ1n) is 8.96. The molecule has 0 spiro atoms. The Morgan fingerprint density at radius 3 is 2.03 bits per heavy atom. The average Bonchev–Trinajstić information content (AvgIpc) is 2.89. The van der Waals surface area contributed by atoms with Crippen LogP contribution in [-0.2, 0) is 20.9 Å². The highest BCUT2D eigenvalue weighted by Crippen LogP contribution is 2.34. The van der Waals surface area contributed by atoms with E-state index >= 15 is 0 Å². The van der Waals surface area contributed by atoms with Crippen LogP contribution in [0.25, 0.3) is 0 Å². The maximum absolute atomic E-state index is 12.3. The van der Waals surface area contributed by atoms with Gasteiger partial charge in [0.2, 0.25) is 5.91 Å². The van der Waals surface area contributed by atoms with Gasteiger partial charge in [0.25, 0.3) is 0 Å². The van der Waals surface area contributed by atoms with Crippen molar-refractivity contribution in [3.05, 3.63) is 17.7 Å². The topological polar surface area (TPSA) is 114 Å².